The Morgan fingerprint density at radius 2 is 1.94 bits per heavy atom. The van der Waals surface area contributed by atoms with Crippen LogP contribution in [-0.2, 0) is 11.2 Å². The van der Waals surface area contributed by atoms with E-state index in [1.54, 1.807) is 31.3 Å². The summed E-state index contributed by atoms with van der Waals surface area (Å²) < 4.78 is 17.6. The molecule has 1 atom stereocenters. The molecular weight excluding hydrogens is 464 g/mol. The van der Waals surface area contributed by atoms with Crippen LogP contribution in [0.3, 0.4) is 0 Å². The third-order valence-electron chi connectivity index (χ3n) is 5.66. The number of amides is 1. The Bertz CT molecular complexity index is 1230. The standard InChI is InChI=1S/C26H30N4O4S/c1-7-17-8-10-21-19(12-17)23-24(27-26(29-28-23)35-14-15(2)3)34-25(30(21)16(4)31)20-13-18(32-5)9-11-22(20)33-6/h8-13,15,25H,7,14H2,1-6H3/t25-/m1/s1. The van der Waals surface area contributed by atoms with Gasteiger partial charge in [0.2, 0.25) is 23.2 Å². The zero-order chi connectivity index (χ0) is 25.1. The van der Waals surface area contributed by atoms with Gasteiger partial charge in [-0.1, -0.05) is 38.6 Å². The lowest BCUT2D eigenvalue weighted by Crippen LogP contribution is -2.36. The first-order chi connectivity index (χ1) is 16.9. The van der Waals surface area contributed by atoms with Crippen molar-refractivity contribution in [1.29, 1.82) is 0 Å². The number of carbonyl (C=O) groups is 1. The van der Waals surface area contributed by atoms with E-state index in [1.807, 2.05) is 24.3 Å². The second-order valence-electron chi connectivity index (χ2n) is 8.63. The largest absolute Gasteiger partial charge is 0.497 e. The van der Waals surface area contributed by atoms with Crippen LogP contribution >= 0.6 is 11.8 Å². The minimum atomic E-state index is -0.857. The highest BCUT2D eigenvalue weighted by atomic mass is 32.2. The summed E-state index contributed by atoms with van der Waals surface area (Å²) >= 11 is 1.53. The van der Waals surface area contributed by atoms with Crippen molar-refractivity contribution in [2.45, 2.75) is 45.5 Å². The molecule has 4 rings (SSSR count). The molecule has 1 aromatic heterocycles. The fraction of sp³-hybridized carbons (Fsp3) is 0.385. The minimum Gasteiger partial charge on any atom is -0.497 e. The third kappa shape index (κ3) is 5.05. The van der Waals surface area contributed by atoms with Gasteiger partial charge in [-0.2, -0.15) is 4.98 Å². The summed E-state index contributed by atoms with van der Waals surface area (Å²) in [5.41, 5.74) is 3.66. The van der Waals surface area contributed by atoms with Gasteiger partial charge in [0.05, 0.1) is 25.5 Å². The van der Waals surface area contributed by atoms with Crippen LogP contribution in [0.15, 0.2) is 41.6 Å². The number of methoxy groups -OCH3 is 2. The molecule has 0 N–H and O–H groups in total. The lowest BCUT2D eigenvalue weighted by molar-refractivity contribution is -0.118. The smallest absolute Gasteiger partial charge is 0.247 e. The van der Waals surface area contributed by atoms with Crippen LogP contribution in [0.5, 0.6) is 17.4 Å². The van der Waals surface area contributed by atoms with Gasteiger partial charge < -0.3 is 14.2 Å². The third-order valence-corrected chi connectivity index (χ3v) is 6.93. The molecule has 184 valence electrons. The summed E-state index contributed by atoms with van der Waals surface area (Å²) in [5.74, 6) is 2.63. The molecule has 2 aromatic carbocycles. The minimum absolute atomic E-state index is 0.194. The van der Waals surface area contributed by atoms with Crippen LogP contribution < -0.4 is 19.1 Å². The first-order valence-electron chi connectivity index (χ1n) is 11.5. The maximum Gasteiger partial charge on any atom is 0.247 e. The Morgan fingerprint density at radius 1 is 1.14 bits per heavy atom. The van der Waals surface area contributed by atoms with Crippen LogP contribution in [0.2, 0.25) is 0 Å². The lowest BCUT2D eigenvalue weighted by atomic mass is 10.0. The molecule has 0 radical (unpaired) electrons. The van der Waals surface area contributed by atoms with E-state index in [9.17, 15) is 4.79 Å². The van der Waals surface area contributed by atoms with Crippen molar-refractivity contribution in [2.24, 2.45) is 5.92 Å². The molecule has 0 saturated heterocycles. The summed E-state index contributed by atoms with van der Waals surface area (Å²) in [6.07, 6.45) is -0.0236. The topological polar surface area (TPSA) is 86.7 Å². The van der Waals surface area contributed by atoms with Crippen LogP contribution in [0, 0.1) is 5.92 Å². The van der Waals surface area contributed by atoms with E-state index in [0.29, 0.717) is 45.4 Å². The Balaban J connectivity index is 1.95. The molecule has 35 heavy (non-hydrogen) atoms. The fourth-order valence-corrected chi connectivity index (χ4v) is 4.64. The van der Waals surface area contributed by atoms with Gasteiger partial charge in [-0.05, 0) is 48.2 Å². The van der Waals surface area contributed by atoms with Crippen molar-refractivity contribution in [2.75, 3.05) is 24.9 Å². The quantitative estimate of drug-likeness (QED) is 0.409. The van der Waals surface area contributed by atoms with Crippen LogP contribution in [0.25, 0.3) is 11.3 Å². The molecule has 0 unspecified atom stereocenters. The average molecular weight is 495 g/mol. The van der Waals surface area contributed by atoms with Gasteiger partial charge in [-0.15, -0.1) is 10.2 Å². The van der Waals surface area contributed by atoms with Crippen molar-refractivity contribution in [3.63, 3.8) is 0 Å². The molecule has 9 heteroatoms. The molecule has 1 amide bonds. The highest BCUT2D eigenvalue weighted by Gasteiger charge is 2.36. The molecular formula is C26H30N4O4S. The number of carbonyl (C=O) groups excluding carboxylic acids is 1. The summed E-state index contributed by atoms with van der Waals surface area (Å²) in [5, 5.41) is 9.41. The van der Waals surface area contributed by atoms with Crippen molar-refractivity contribution in [3.8, 4) is 28.6 Å². The maximum atomic E-state index is 13.1. The SMILES string of the molecule is CCc1ccc2c(c1)-c1nnc(SCC(C)C)nc1O[C@H](c1cc(OC)ccc1OC)N2C(C)=O. The number of aromatic nitrogens is 3. The number of ether oxygens (including phenoxy) is 3. The van der Waals surface area contributed by atoms with Gasteiger partial charge in [0.25, 0.3) is 0 Å². The van der Waals surface area contributed by atoms with E-state index < -0.39 is 6.23 Å². The molecule has 1 aliphatic rings. The molecule has 1 aliphatic heterocycles. The highest BCUT2D eigenvalue weighted by Crippen LogP contribution is 2.46. The van der Waals surface area contributed by atoms with Crippen molar-refractivity contribution < 1.29 is 19.0 Å². The summed E-state index contributed by atoms with van der Waals surface area (Å²) in [7, 11) is 3.18. The van der Waals surface area contributed by atoms with E-state index >= 15 is 0 Å². The molecule has 0 bridgehead atoms. The van der Waals surface area contributed by atoms with Gasteiger partial charge in [0.15, 0.2) is 5.69 Å². The Labute approximate surface area is 210 Å². The second-order valence-corrected chi connectivity index (χ2v) is 9.61. The van der Waals surface area contributed by atoms with Crippen LogP contribution in [0.4, 0.5) is 5.69 Å². The number of anilines is 1. The van der Waals surface area contributed by atoms with E-state index in [1.165, 1.54) is 18.7 Å². The number of thioether (sulfide) groups is 1. The van der Waals surface area contributed by atoms with Gasteiger partial charge in [-0.3, -0.25) is 9.69 Å². The Hall–Kier alpha value is -3.33. The van der Waals surface area contributed by atoms with Gasteiger partial charge in [0.1, 0.15) is 11.5 Å². The zero-order valence-corrected chi connectivity index (χ0v) is 21.7. The first-order valence-corrected chi connectivity index (χ1v) is 12.5. The first kappa shape index (κ1) is 24.8. The lowest BCUT2D eigenvalue weighted by Gasteiger charge is -2.31. The highest BCUT2D eigenvalue weighted by molar-refractivity contribution is 7.99. The van der Waals surface area contributed by atoms with E-state index in [2.05, 4.69) is 31.0 Å². The van der Waals surface area contributed by atoms with E-state index in [-0.39, 0.29) is 5.91 Å². The van der Waals surface area contributed by atoms with Crippen LogP contribution in [-0.4, -0.2) is 41.1 Å². The zero-order valence-electron chi connectivity index (χ0n) is 20.9. The van der Waals surface area contributed by atoms with Crippen molar-refractivity contribution in [1.82, 2.24) is 15.2 Å². The van der Waals surface area contributed by atoms with Crippen molar-refractivity contribution >= 4 is 23.4 Å². The van der Waals surface area contributed by atoms with Gasteiger partial charge in [0, 0.05) is 18.2 Å². The summed E-state index contributed by atoms with van der Waals surface area (Å²) in [6.45, 7) is 7.87. The molecule has 8 nitrogen and oxygen atoms in total. The monoisotopic (exact) mass is 494 g/mol. The molecule has 3 aromatic rings. The Kier molecular flexibility index (Phi) is 7.45. The second kappa shape index (κ2) is 10.5. The maximum absolute atomic E-state index is 13.1. The van der Waals surface area contributed by atoms with Crippen LogP contribution in [0.1, 0.15) is 45.0 Å². The summed E-state index contributed by atoms with van der Waals surface area (Å²) in [6, 6.07) is 11.4. The van der Waals surface area contributed by atoms with Gasteiger partial charge in [-0.25, -0.2) is 0 Å². The van der Waals surface area contributed by atoms with Gasteiger partial charge >= 0.3 is 0 Å². The predicted octanol–water partition coefficient (Wildman–Crippen LogP) is 5.31. The van der Waals surface area contributed by atoms with E-state index in [4.69, 9.17) is 19.2 Å². The number of aryl methyl sites for hydroxylation is 1. The summed E-state index contributed by atoms with van der Waals surface area (Å²) in [4.78, 5) is 19.4. The van der Waals surface area contributed by atoms with E-state index in [0.717, 1.165) is 23.3 Å². The molecule has 0 aliphatic carbocycles. The normalized spacial score (nSPS) is 14.6. The number of hydrogen-bond donors (Lipinski definition) is 0. The molecule has 2 heterocycles. The number of fused-ring (bicyclic) bond motifs is 3. The molecule has 0 fully saturated rings. The Morgan fingerprint density at radius 3 is 2.60 bits per heavy atom. The predicted molar refractivity (Wildman–Crippen MR) is 136 cm³/mol. The fourth-order valence-electron chi connectivity index (χ4n) is 3.91. The van der Waals surface area contributed by atoms with Crippen molar-refractivity contribution in [3.05, 3.63) is 47.5 Å². The number of rotatable bonds is 7. The average Bonchev–Trinajstić information content (AvgIpc) is 3.00. The number of nitrogens with zero attached hydrogens (tertiary/aromatic N) is 4. The number of benzene rings is 2. The molecule has 0 saturated carbocycles. The number of hydrogen-bond acceptors (Lipinski definition) is 8. The molecule has 0 spiro atoms.